The number of hydrogen-bond donors (Lipinski definition) is 1. The third-order valence-corrected chi connectivity index (χ3v) is 3.41. The fraction of sp³-hybridized carbons (Fsp3) is 0. The van der Waals surface area contributed by atoms with Gasteiger partial charge in [0.05, 0.1) is 10.2 Å². The Morgan fingerprint density at radius 1 is 1.11 bits per heavy atom. The molecule has 0 spiro atoms. The summed E-state index contributed by atoms with van der Waals surface area (Å²) in [5.74, 6) is -0.170. The number of para-hydroxylation sites is 1. The maximum absolute atomic E-state index is 11.9. The molecule has 1 aromatic carbocycles. The topological polar surface area (TPSA) is 54.9 Å². The van der Waals surface area contributed by atoms with Gasteiger partial charge in [-0.15, -0.1) is 0 Å². The van der Waals surface area contributed by atoms with Crippen molar-refractivity contribution in [1.82, 2.24) is 9.97 Å². The molecule has 0 fully saturated rings. The number of carbonyl (C=O) groups is 1. The molecule has 2 heterocycles. The van der Waals surface area contributed by atoms with Gasteiger partial charge in [0.15, 0.2) is 5.13 Å². The number of benzene rings is 1. The molecule has 0 saturated carbocycles. The number of anilines is 1. The lowest BCUT2D eigenvalue weighted by Gasteiger charge is -1.99. The van der Waals surface area contributed by atoms with Crippen LogP contribution in [0.25, 0.3) is 10.2 Å². The fourth-order valence-corrected chi connectivity index (χ4v) is 2.46. The van der Waals surface area contributed by atoms with Crippen molar-refractivity contribution in [3.8, 4) is 0 Å². The third-order valence-electron chi connectivity index (χ3n) is 2.46. The zero-order chi connectivity index (χ0) is 12.4. The van der Waals surface area contributed by atoms with Crippen LogP contribution in [-0.2, 0) is 0 Å². The quantitative estimate of drug-likeness (QED) is 0.766. The lowest BCUT2D eigenvalue weighted by molar-refractivity contribution is 0.102. The minimum Gasteiger partial charge on any atom is -0.298 e. The number of aromatic nitrogens is 2. The van der Waals surface area contributed by atoms with E-state index < -0.39 is 0 Å². The molecule has 1 N–H and O–H groups in total. The number of pyridine rings is 1. The normalized spacial score (nSPS) is 10.4. The van der Waals surface area contributed by atoms with Crippen LogP contribution in [0.3, 0.4) is 0 Å². The van der Waals surface area contributed by atoms with Crippen LogP contribution in [-0.4, -0.2) is 15.9 Å². The summed E-state index contributed by atoms with van der Waals surface area (Å²) in [7, 11) is 0. The Balaban J connectivity index is 1.86. The Bertz CT molecular complexity index is 661. The van der Waals surface area contributed by atoms with Crippen molar-refractivity contribution < 1.29 is 4.79 Å². The van der Waals surface area contributed by atoms with Gasteiger partial charge in [0.25, 0.3) is 5.91 Å². The monoisotopic (exact) mass is 255 g/mol. The highest BCUT2D eigenvalue weighted by molar-refractivity contribution is 7.22. The third kappa shape index (κ3) is 2.08. The maximum Gasteiger partial charge on any atom is 0.257 e. The van der Waals surface area contributed by atoms with Crippen molar-refractivity contribution in [1.29, 1.82) is 0 Å². The second-order valence-electron chi connectivity index (χ2n) is 3.68. The lowest BCUT2D eigenvalue weighted by atomic mass is 10.2. The Morgan fingerprint density at radius 3 is 2.67 bits per heavy atom. The number of thiazole rings is 1. The summed E-state index contributed by atoms with van der Waals surface area (Å²) in [6.07, 6.45) is 3.18. The number of rotatable bonds is 2. The minimum absolute atomic E-state index is 0.170. The predicted molar refractivity (Wildman–Crippen MR) is 71.8 cm³/mol. The first-order valence-corrected chi connectivity index (χ1v) is 6.21. The van der Waals surface area contributed by atoms with Crippen LogP contribution in [0.5, 0.6) is 0 Å². The van der Waals surface area contributed by atoms with E-state index in [1.165, 1.54) is 11.3 Å². The van der Waals surface area contributed by atoms with E-state index in [-0.39, 0.29) is 5.91 Å². The molecule has 0 aliphatic carbocycles. The molecule has 0 saturated heterocycles. The van der Waals surface area contributed by atoms with E-state index in [4.69, 9.17) is 0 Å². The SMILES string of the molecule is O=C(Nc1nc2ccccc2s1)c1ccncc1. The van der Waals surface area contributed by atoms with Crippen LogP contribution >= 0.6 is 11.3 Å². The summed E-state index contributed by atoms with van der Waals surface area (Å²) >= 11 is 1.46. The Labute approximate surface area is 107 Å². The first-order chi connectivity index (χ1) is 8.83. The van der Waals surface area contributed by atoms with Crippen molar-refractivity contribution in [3.05, 3.63) is 54.4 Å². The maximum atomic E-state index is 11.9. The highest BCUT2D eigenvalue weighted by Crippen LogP contribution is 2.25. The van der Waals surface area contributed by atoms with E-state index in [1.807, 2.05) is 24.3 Å². The molecule has 2 aromatic heterocycles. The Morgan fingerprint density at radius 2 is 1.89 bits per heavy atom. The summed E-state index contributed by atoms with van der Waals surface area (Å²) < 4.78 is 1.06. The number of hydrogen-bond acceptors (Lipinski definition) is 4. The van der Waals surface area contributed by atoms with Gasteiger partial charge < -0.3 is 0 Å². The smallest absolute Gasteiger partial charge is 0.257 e. The highest BCUT2D eigenvalue weighted by Gasteiger charge is 2.08. The molecular formula is C13H9N3OS. The molecular weight excluding hydrogens is 246 g/mol. The molecule has 3 rings (SSSR count). The van der Waals surface area contributed by atoms with E-state index >= 15 is 0 Å². The van der Waals surface area contributed by atoms with E-state index in [1.54, 1.807) is 24.5 Å². The molecule has 88 valence electrons. The van der Waals surface area contributed by atoms with Crippen LogP contribution in [0.1, 0.15) is 10.4 Å². The molecule has 1 amide bonds. The zero-order valence-electron chi connectivity index (χ0n) is 9.33. The second-order valence-corrected chi connectivity index (χ2v) is 4.71. The van der Waals surface area contributed by atoms with Gasteiger partial charge in [-0.3, -0.25) is 15.1 Å². The van der Waals surface area contributed by atoms with Gasteiger partial charge in [0, 0.05) is 18.0 Å². The van der Waals surface area contributed by atoms with Gasteiger partial charge in [0.2, 0.25) is 0 Å². The zero-order valence-corrected chi connectivity index (χ0v) is 10.1. The van der Waals surface area contributed by atoms with Crippen molar-refractivity contribution >= 4 is 32.6 Å². The van der Waals surface area contributed by atoms with Crippen molar-refractivity contribution in [2.75, 3.05) is 5.32 Å². The van der Waals surface area contributed by atoms with Gasteiger partial charge in [-0.2, -0.15) is 0 Å². The number of carbonyl (C=O) groups excluding carboxylic acids is 1. The van der Waals surface area contributed by atoms with Gasteiger partial charge in [-0.1, -0.05) is 23.5 Å². The minimum atomic E-state index is -0.170. The Hall–Kier alpha value is -2.27. The summed E-state index contributed by atoms with van der Waals surface area (Å²) in [5.41, 5.74) is 1.47. The highest BCUT2D eigenvalue weighted by atomic mass is 32.1. The molecule has 0 unspecified atom stereocenters. The van der Waals surface area contributed by atoms with E-state index in [0.29, 0.717) is 10.7 Å². The van der Waals surface area contributed by atoms with E-state index in [0.717, 1.165) is 10.2 Å². The average Bonchev–Trinajstić information content (AvgIpc) is 2.82. The average molecular weight is 255 g/mol. The summed E-state index contributed by atoms with van der Waals surface area (Å²) in [5, 5.41) is 3.40. The molecule has 0 atom stereocenters. The van der Waals surface area contributed by atoms with Gasteiger partial charge in [-0.05, 0) is 24.3 Å². The largest absolute Gasteiger partial charge is 0.298 e. The first-order valence-electron chi connectivity index (χ1n) is 5.40. The fourth-order valence-electron chi connectivity index (χ4n) is 1.60. The molecule has 0 aliphatic heterocycles. The van der Waals surface area contributed by atoms with Crippen molar-refractivity contribution in [2.24, 2.45) is 0 Å². The van der Waals surface area contributed by atoms with Crippen LogP contribution in [0, 0.1) is 0 Å². The second kappa shape index (κ2) is 4.54. The Kier molecular flexibility index (Phi) is 2.74. The lowest BCUT2D eigenvalue weighted by Crippen LogP contribution is -2.11. The number of nitrogens with one attached hydrogen (secondary N) is 1. The van der Waals surface area contributed by atoms with Crippen LogP contribution in [0.15, 0.2) is 48.8 Å². The first kappa shape index (κ1) is 10.9. The number of nitrogens with zero attached hydrogens (tertiary/aromatic N) is 2. The molecule has 0 radical (unpaired) electrons. The molecule has 0 aliphatic rings. The van der Waals surface area contributed by atoms with Gasteiger partial charge in [-0.25, -0.2) is 4.98 Å². The van der Waals surface area contributed by atoms with Crippen molar-refractivity contribution in [2.45, 2.75) is 0 Å². The summed E-state index contributed by atoms with van der Waals surface area (Å²) in [4.78, 5) is 20.1. The van der Waals surface area contributed by atoms with Crippen LogP contribution in [0.4, 0.5) is 5.13 Å². The van der Waals surface area contributed by atoms with E-state index in [9.17, 15) is 4.79 Å². The van der Waals surface area contributed by atoms with Crippen molar-refractivity contribution in [3.63, 3.8) is 0 Å². The number of fused-ring (bicyclic) bond motifs is 1. The summed E-state index contributed by atoms with van der Waals surface area (Å²) in [6, 6.07) is 11.1. The standard InChI is InChI=1S/C13H9N3OS/c17-12(9-5-7-14-8-6-9)16-13-15-10-3-1-2-4-11(10)18-13/h1-8H,(H,15,16,17). The van der Waals surface area contributed by atoms with E-state index in [2.05, 4.69) is 15.3 Å². The van der Waals surface area contributed by atoms with Gasteiger partial charge >= 0.3 is 0 Å². The molecule has 18 heavy (non-hydrogen) atoms. The van der Waals surface area contributed by atoms with Crippen LogP contribution in [0.2, 0.25) is 0 Å². The predicted octanol–water partition coefficient (Wildman–Crippen LogP) is 2.94. The summed E-state index contributed by atoms with van der Waals surface area (Å²) in [6.45, 7) is 0. The van der Waals surface area contributed by atoms with Gasteiger partial charge in [0.1, 0.15) is 0 Å². The van der Waals surface area contributed by atoms with Crippen LogP contribution < -0.4 is 5.32 Å². The molecule has 3 aromatic rings. The molecule has 5 heteroatoms. The number of amides is 1. The molecule has 0 bridgehead atoms. The molecule has 4 nitrogen and oxygen atoms in total.